The smallest absolute Gasteiger partial charge is 0.255 e. The zero-order valence-electron chi connectivity index (χ0n) is 16.7. The molecule has 0 aromatic heterocycles. The maximum Gasteiger partial charge on any atom is 0.255 e. The first-order chi connectivity index (χ1) is 14.6. The second kappa shape index (κ2) is 10.8. The fourth-order valence-electron chi connectivity index (χ4n) is 2.48. The third-order valence-corrected chi connectivity index (χ3v) is 5.47. The number of nitrogens with two attached hydrogens (primary N) is 1. The minimum absolute atomic E-state index is 0.0679. The van der Waals surface area contributed by atoms with Crippen molar-refractivity contribution in [1.82, 2.24) is 4.72 Å². The Balaban J connectivity index is 2.11. The number of amides is 2. The van der Waals surface area contributed by atoms with Gasteiger partial charge >= 0.3 is 0 Å². The van der Waals surface area contributed by atoms with E-state index in [1.54, 1.807) is 24.3 Å². The Hall–Kier alpha value is -3.08. The average molecular weight is 468 g/mol. The van der Waals surface area contributed by atoms with Crippen molar-refractivity contribution in [2.75, 3.05) is 25.6 Å². The van der Waals surface area contributed by atoms with Crippen LogP contribution < -0.4 is 25.2 Å². The van der Waals surface area contributed by atoms with E-state index in [0.717, 1.165) is 0 Å². The molecule has 0 spiro atoms. The van der Waals surface area contributed by atoms with Crippen molar-refractivity contribution in [2.24, 2.45) is 5.73 Å². The predicted molar refractivity (Wildman–Crippen MR) is 118 cm³/mol. The second-order valence-electron chi connectivity index (χ2n) is 6.29. The third kappa shape index (κ3) is 7.28. The Labute approximate surface area is 185 Å². The van der Waals surface area contributed by atoms with Crippen molar-refractivity contribution in [3.63, 3.8) is 0 Å². The summed E-state index contributed by atoms with van der Waals surface area (Å²) in [6, 6.07) is 9.12. The molecule has 0 radical (unpaired) electrons. The van der Waals surface area contributed by atoms with Gasteiger partial charge in [-0.3, -0.25) is 9.59 Å². The fraction of sp³-hybridized carbons (Fsp3) is 0.200. The molecule has 0 saturated carbocycles. The molecular formula is C20H22ClN3O6S. The van der Waals surface area contributed by atoms with Gasteiger partial charge in [-0.1, -0.05) is 29.8 Å². The highest BCUT2D eigenvalue weighted by Crippen LogP contribution is 2.36. The van der Waals surface area contributed by atoms with Gasteiger partial charge in [0.15, 0.2) is 18.1 Å². The number of benzene rings is 2. The molecule has 166 valence electrons. The topological polar surface area (TPSA) is 137 Å². The van der Waals surface area contributed by atoms with Crippen LogP contribution >= 0.6 is 11.6 Å². The molecule has 0 aliphatic heterocycles. The molecule has 0 aliphatic carbocycles. The van der Waals surface area contributed by atoms with Crippen LogP contribution in [0, 0.1) is 0 Å². The molecule has 2 aromatic rings. The predicted octanol–water partition coefficient (Wildman–Crippen LogP) is 2.07. The van der Waals surface area contributed by atoms with E-state index in [0.29, 0.717) is 11.3 Å². The molecule has 0 heterocycles. The van der Waals surface area contributed by atoms with Crippen molar-refractivity contribution in [3.8, 4) is 11.5 Å². The summed E-state index contributed by atoms with van der Waals surface area (Å²) in [6.07, 6.45) is 1.45. The average Bonchev–Trinajstić information content (AvgIpc) is 2.71. The highest BCUT2D eigenvalue weighted by Gasteiger charge is 2.17. The number of hydrogen-bond donors (Lipinski definition) is 3. The molecule has 2 aromatic carbocycles. The van der Waals surface area contributed by atoms with E-state index in [4.69, 9.17) is 26.8 Å². The first-order valence-corrected chi connectivity index (χ1v) is 11.0. The highest BCUT2D eigenvalue weighted by molar-refractivity contribution is 7.88. The van der Waals surface area contributed by atoms with Crippen LogP contribution in [-0.4, -0.2) is 40.5 Å². The van der Waals surface area contributed by atoms with Crippen LogP contribution in [0.2, 0.25) is 5.02 Å². The Morgan fingerprint density at radius 1 is 1.23 bits per heavy atom. The zero-order valence-corrected chi connectivity index (χ0v) is 18.3. The molecule has 9 nitrogen and oxygen atoms in total. The molecule has 0 saturated heterocycles. The summed E-state index contributed by atoms with van der Waals surface area (Å²) >= 11 is 6.16. The second-order valence-corrected chi connectivity index (χ2v) is 8.51. The van der Waals surface area contributed by atoms with Crippen LogP contribution in [0.25, 0.3) is 0 Å². The zero-order chi connectivity index (χ0) is 23.0. The number of halogens is 1. The number of anilines is 1. The van der Waals surface area contributed by atoms with Crippen LogP contribution in [0.3, 0.4) is 0 Å². The van der Waals surface area contributed by atoms with Gasteiger partial charge in [0.05, 0.1) is 17.9 Å². The number of methoxy groups -OCH3 is 1. The lowest BCUT2D eigenvalue weighted by molar-refractivity contribution is -0.119. The van der Waals surface area contributed by atoms with Crippen molar-refractivity contribution >= 4 is 39.1 Å². The van der Waals surface area contributed by atoms with E-state index in [1.807, 2.05) is 0 Å². The van der Waals surface area contributed by atoms with Gasteiger partial charge in [-0.25, -0.2) is 13.1 Å². The normalized spacial score (nSPS) is 10.9. The number of carbonyl (C=O) groups excluding carboxylic acids is 2. The van der Waals surface area contributed by atoms with E-state index in [9.17, 15) is 18.0 Å². The highest BCUT2D eigenvalue weighted by atomic mass is 35.5. The van der Waals surface area contributed by atoms with Gasteiger partial charge in [0.2, 0.25) is 10.0 Å². The number of hydrogen-bond acceptors (Lipinski definition) is 6. The quantitative estimate of drug-likeness (QED) is 0.433. The van der Waals surface area contributed by atoms with Crippen LogP contribution in [0.1, 0.15) is 15.9 Å². The van der Waals surface area contributed by atoms with E-state index >= 15 is 0 Å². The number of ether oxygens (including phenoxy) is 2. The summed E-state index contributed by atoms with van der Waals surface area (Å²) in [5, 5.41) is 2.75. The number of primary amides is 1. The molecule has 0 bridgehead atoms. The Morgan fingerprint density at radius 3 is 2.48 bits per heavy atom. The Morgan fingerprint density at radius 2 is 1.90 bits per heavy atom. The molecule has 2 rings (SSSR count). The molecule has 0 atom stereocenters. The molecule has 31 heavy (non-hydrogen) atoms. The number of carbonyl (C=O) groups is 2. The molecular weight excluding hydrogens is 446 g/mol. The monoisotopic (exact) mass is 467 g/mol. The molecule has 2 amide bonds. The first kappa shape index (κ1) is 24.2. The van der Waals surface area contributed by atoms with Crippen molar-refractivity contribution < 1.29 is 27.5 Å². The largest absolute Gasteiger partial charge is 0.493 e. The summed E-state index contributed by atoms with van der Waals surface area (Å²) in [7, 11) is -2.12. The minimum Gasteiger partial charge on any atom is -0.493 e. The molecule has 0 aliphatic rings. The number of nitrogens with one attached hydrogen (secondary N) is 2. The van der Waals surface area contributed by atoms with Gasteiger partial charge in [-0.2, -0.15) is 0 Å². The Bertz CT molecular complexity index is 1070. The SMILES string of the molecule is C=CCNS(=O)(=O)Cc1ccc(NC(=O)c2cc(Cl)c(OCC(N)=O)c(OC)c2)cc1. The van der Waals surface area contributed by atoms with E-state index in [-0.39, 0.29) is 34.4 Å². The molecule has 0 fully saturated rings. The third-order valence-electron chi connectivity index (χ3n) is 3.87. The molecule has 0 unspecified atom stereocenters. The first-order valence-electron chi connectivity index (χ1n) is 8.92. The maximum absolute atomic E-state index is 12.6. The minimum atomic E-state index is -3.48. The van der Waals surface area contributed by atoms with Crippen molar-refractivity contribution in [1.29, 1.82) is 0 Å². The fourth-order valence-corrected chi connectivity index (χ4v) is 3.85. The Kier molecular flexibility index (Phi) is 8.43. The van der Waals surface area contributed by atoms with Gasteiger partial charge in [-0.05, 0) is 29.8 Å². The standard InChI is InChI=1S/C20H22ClN3O6S/c1-3-8-23-31(27,28)12-13-4-6-15(7-5-13)24-20(26)14-9-16(21)19(17(10-14)29-2)30-11-18(22)25/h3-7,9-10,23H,1,8,11-12H2,2H3,(H2,22,25)(H,24,26). The van der Waals surface area contributed by atoms with Crippen molar-refractivity contribution in [2.45, 2.75) is 5.75 Å². The van der Waals surface area contributed by atoms with E-state index in [1.165, 1.54) is 25.3 Å². The van der Waals surface area contributed by atoms with Gasteiger partial charge in [-0.15, -0.1) is 6.58 Å². The van der Waals surface area contributed by atoms with Gasteiger partial charge in [0, 0.05) is 17.8 Å². The summed E-state index contributed by atoms with van der Waals surface area (Å²) in [5.74, 6) is -1.11. The van der Waals surface area contributed by atoms with Crippen LogP contribution in [0.4, 0.5) is 5.69 Å². The lowest BCUT2D eigenvalue weighted by Crippen LogP contribution is -2.25. The van der Waals surface area contributed by atoms with Crippen LogP contribution in [-0.2, 0) is 20.6 Å². The molecule has 11 heteroatoms. The summed E-state index contributed by atoms with van der Waals surface area (Å²) in [6.45, 7) is 3.21. The van der Waals surface area contributed by atoms with Gasteiger partial charge in [0.1, 0.15) is 0 Å². The van der Waals surface area contributed by atoms with Gasteiger partial charge < -0.3 is 20.5 Å². The number of sulfonamides is 1. The maximum atomic E-state index is 12.6. The van der Waals surface area contributed by atoms with E-state index < -0.39 is 28.4 Å². The van der Waals surface area contributed by atoms with Gasteiger partial charge in [0.25, 0.3) is 11.8 Å². The summed E-state index contributed by atoms with van der Waals surface area (Å²) < 4.78 is 36.6. The van der Waals surface area contributed by atoms with E-state index in [2.05, 4.69) is 16.6 Å². The number of rotatable bonds is 11. The summed E-state index contributed by atoms with van der Waals surface area (Å²) in [5.41, 5.74) is 6.25. The lowest BCUT2D eigenvalue weighted by atomic mass is 10.1. The molecule has 4 N–H and O–H groups in total. The summed E-state index contributed by atoms with van der Waals surface area (Å²) in [4.78, 5) is 23.5. The van der Waals surface area contributed by atoms with Crippen LogP contribution in [0.15, 0.2) is 49.1 Å². The van der Waals surface area contributed by atoms with Crippen LogP contribution in [0.5, 0.6) is 11.5 Å². The lowest BCUT2D eigenvalue weighted by Gasteiger charge is -2.13. The van der Waals surface area contributed by atoms with Crippen molar-refractivity contribution in [3.05, 3.63) is 65.2 Å².